The van der Waals surface area contributed by atoms with Gasteiger partial charge in [-0.15, -0.1) is 0 Å². The van der Waals surface area contributed by atoms with Crippen LogP contribution in [0.15, 0.2) is 65.6 Å². The molecule has 9 heteroatoms. The summed E-state index contributed by atoms with van der Waals surface area (Å²) in [5.41, 5.74) is 3.36. The van der Waals surface area contributed by atoms with E-state index in [1.54, 1.807) is 0 Å². The number of carbonyl (C=O) groups is 1. The Morgan fingerprint density at radius 3 is 2.33 bits per heavy atom. The van der Waals surface area contributed by atoms with Gasteiger partial charge in [0.1, 0.15) is 25.6 Å². The monoisotopic (exact) mass is 512 g/mol. The zero-order chi connectivity index (χ0) is 25.9. The van der Waals surface area contributed by atoms with E-state index in [9.17, 15) is 17.6 Å². The van der Waals surface area contributed by atoms with E-state index in [4.69, 9.17) is 9.47 Å². The molecular weight excluding hydrogens is 483 g/mol. The molecule has 0 aromatic heterocycles. The molecule has 7 nitrogen and oxygen atoms in total. The minimum atomic E-state index is -4.20. The van der Waals surface area contributed by atoms with E-state index >= 15 is 0 Å². The summed E-state index contributed by atoms with van der Waals surface area (Å²) in [6, 6.07) is 15.0. The van der Waals surface area contributed by atoms with Crippen LogP contribution in [0.3, 0.4) is 0 Å². The third-order valence-corrected chi connectivity index (χ3v) is 7.95. The molecule has 3 aromatic rings. The van der Waals surface area contributed by atoms with Gasteiger partial charge in [-0.1, -0.05) is 25.1 Å². The Hall–Kier alpha value is -3.59. The Kier molecular flexibility index (Phi) is 7.49. The van der Waals surface area contributed by atoms with Crippen molar-refractivity contribution in [3.8, 4) is 11.5 Å². The van der Waals surface area contributed by atoms with Crippen LogP contribution in [-0.2, 0) is 14.8 Å². The minimum absolute atomic E-state index is 0.0647. The SMILES string of the molecule is CCC(NC(=O)CN(c1ccc(F)cc1)S(=O)(=O)c1ccc2c(c1)OCCO2)c1ccc(C)c(C)c1. The highest BCUT2D eigenvalue weighted by atomic mass is 32.2. The number of carbonyl (C=O) groups excluding carboxylic acids is 1. The summed E-state index contributed by atoms with van der Waals surface area (Å²) in [5, 5.41) is 2.95. The van der Waals surface area contributed by atoms with Crippen molar-refractivity contribution < 1.29 is 27.1 Å². The highest BCUT2D eigenvalue weighted by Crippen LogP contribution is 2.34. The Morgan fingerprint density at radius 1 is 0.972 bits per heavy atom. The van der Waals surface area contributed by atoms with Crippen molar-refractivity contribution >= 4 is 21.6 Å². The molecule has 1 aliphatic heterocycles. The van der Waals surface area contributed by atoms with Crippen LogP contribution in [0.2, 0.25) is 0 Å². The lowest BCUT2D eigenvalue weighted by Crippen LogP contribution is -2.42. The van der Waals surface area contributed by atoms with E-state index in [2.05, 4.69) is 5.32 Å². The van der Waals surface area contributed by atoms with Gasteiger partial charge >= 0.3 is 0 Å². The summed E-state index contributed by atoms with van der Waals surface area (Å²) in [4.78, 5) is 13.1. The Balaban J connectivity index is 1.64. The summed E-state index contributed by atoms with van der Waals surface area (Å²) < 4.78 is 53.0. The second-order valence-electron chi connectivity index (χ2n) is 8.67. The minimum Gasteiger partial charge on any atom is -0.486 e. The first kappa shape index (κ1) is 25.5. The van der Waals surface area contributed by atoms with Crippen LogP contribution in [0.1, 0.15) is 36.1 Å². The smallest absolute Gasteiger partial charge is 0.264 e. The third-order valence-electron chi connectivity index (χ3n) is 6.18. The number of ether oxygens (including phenoxy) is 2. The highest BCUT2D eigenvalue weighted by Gasteiger charge is 2.29. The Labute approximate surface area is 210 Å². The molecular formula is C27H29FN2O5S. The van der Waals surface area contributed by atoms with Gasteiger partial charge in [-0.3, -0.25) is 9.10 Å². The van der Waals surface area contributed by atoms with E-state index in [1.165, 1.54) is 30.3 Å². The standard InChI is InChI=1S/C27H29FN2O5S/c1-4-24(20-6-5-18(2)19(3)15-20)29-27(31)17-30(22-9-7-21(28)8-10-22)36(32,33)23-11-12-25-26(16-23)35-14-13-34-25/h5-12,15-16,24H,4,13-14,17H2,1-3H3,(H,29,31). The molecule has 0 saturated carbocycles. The van der Waals surface area contributed by atoms with Crippen LogP contribution in [0.25, 0.3) is 0 Å². The first-order chi connectivity index (χ1) is 17.2. The maximum Gasteiger partial charge on any atom is 0.264 e. The summed E-state index contributed by atoms with van der Waals surface area (Å²) >= 11 is 0. The topological polar surface area (TPSA) is 84.9 Å². The van der Waals surface area contributed by atoms with Gasteiger partial charge in [0, 0.05) is 6.07 Å². The van der Waals surface area contributed by atoms with Crippen molar-refractivity contribution in [1.82, 2.24) is 5.32 Å². The number of sulfonamides is 1. The fraction of sp³-hybridized carbons (Fsp3) is 0.296. The van der Waals surface area contributed by atoms with Crippen LogP contribution in [-0.4, -0.2) is 34.1 Å². The zero-order valence-corrected chi connectivity index (χ0v) is 21.3. The van der Waals surface area contributed by atoms with E-state index in [0.29, 0.717) is 31.1 Å². The first-order valence-corrected chi connectivity index (χ1v) is 13.2. The number of rotatable bonds is 8. The van der Waals surface area contributed by atoms with Crippen LogP contribution in [0, 0.1) is 19.7 Å². The van der Waals surface area contributed by atoms with Gasteiger partial charge in [-0.25, -0.2) is 12.8 Å². The Morgan fingerprint density at radius 2 is 1.67 bits per heavy atom. The van der Waals surface area contributed by atoms with Gasteiger partial charge in [0.05, 0.1) is 16.6 Å². The van der Waals surface area contributed by atoms with Gasteiger partial charge in [0.25, 0.3) is 10.0 Å². The molecule has 1 amide bonds. The molecule has 1 unspecified atom stereocenters. The number of benzene rings is 3. The molecule has 0 fully saturated rings. The lowest BCUT2D eigenvalue weighted by atomic mass is 9.99. The van der Waals surface area contributed by atoms with Gasteiger partial charge in [0.15, 0.2) is 11.5 Å². The van der Waals surface area contributed by atoms with Gasteiger partial charge < -0.3 is 14.8 Å². The molecule has 0 radical (unpaired) electrons. The lowest BCUT2D eigenvalue weighted by molar-refractivity contribution is -0.120. The number of nitrogens with one attached hydrogen (secondary N) is 1. The lowest BCUT2D eigenvalue weighted by Gasteiger charge is -2.26. The number of aryl methyl sites for hydroxylation is 2. The van der Waals surface area contributed by atoms with E-state index in [1.807, 2.05) is 39.0 Å². The fourth-order valence-corrected chi connectivity index (χ4v) is 5.44. The van der Waals surface area contributed by atoms with Crippen LogP contribution in [0.4, 0.5) is 10.1 Å². The van der Waals surface area contributed by atoms with Gasteiger partial charge in [-0.05, 0) is 73.4 Å². The maximum atomic E-state index is 13.7. The van der Waals surface area contributed by atoms with E-state index < -0.39 is 28.3 Å². The molecule has 0 spiro atoms. The quantitative estimate of drug-likeness (QED) is 0.474. The normalized spacial score (nSPS) is 13.7. The second kappa shape index (κ2) is 10.6. The number of hydrogen-bond donors (Lipinski definition) is 1. The molecule has 190 valence electrons. The number of fused-ring (bicyclic) bond motifs is 1. The van der Waals surface area contributed by atoms with Crippen molar-refractivity contribution in [1.29, 1.82) is 0 Å². The second-order valence-corrected chi connectivity index (χ2v) is 10.5. The third kappa shape index (κ3) is 5.46. The predicted molar refractivity (Wildman–Crippen MR) is 135 cm³/mol. The molecule has 36 heavy (non-hydrogen) atoms. The zero-order valence-electron chi connectivity index (χ0n) is 20.5. The van der Waals surface area contributed by atoms with E-state index in [-0.39, 0.29) is 16.6 Å². The highest BCUT2D eigenvalue weighted by molar-refractivity contribution is 7.92. The number of halogens is 1. The molecule has 0 saturated heterocycles. The van der Waals surface area contributed by atoms with Gasteiger partial charge in [0.2, 0.25) is 5.91 Å². The first-order valence-electron chi connectivity index (χ1n) is 11.7. The number of hydrogen-bond acceptors (Lipinski definition) is 5. The molecule has 1 atom stereocenters. The molecule has 1 aliphatic rings. The predicted octanol–water partition coefficient (Wildman–Crippen LogP) is 4.68. The fourth-order valence-electron chi connectivity index (χ4n) is 4.01. The van der Waals surface area contributed by atoms with Crippen LogP contribution < -0.4 is 19.1 Å². The van der Waals surface area contributed by atoms with Crippen LogP contribution in [0.5, 0.6) is 11.5 Å². The summed E-state index contributed by atoms with van der Waals surface area (Å²) in [6.07, 6.45) is 0.625. The molecule has 4 rings (SSSR count). The largest absolute Gasteiger partial charge is 0.486 e. The van der Waals surface area contributed by atoms with Crippen molar-refractivity contribution in [3.05, 3.63) is 83.2 Å². The van der Waals surface area contributed by atoms with Crippen molar-refractivity contribution in [2.24, 2.45) is 0 Å². The van der Waals surface area contributed by atoms with Crippen LogP contribution >= 0.6 is 0 Å². The number of anilines is 1. The molecule has 0 bridgehead atoms. The molecule has 1 heterocycles. The number of amides is 1. The van der Waals surface area contributed by atoms with Gasteiger partial charge in [-0.2, -0.15) is 0 Å². The summed E-state index contributed by atoms with van der Waals surface area (Å²) in [7, 11) is -4.20. The Bertz CT molecular complexity index is 1360. The average Bonchev–Trinajstić information content (AvgIpc) is 2.87. The number of nitrogens with zero attached hydrogens (tertiary/aromatic N) is 1. The maximum absolute atomic E-state index is 13.7. The molecule has 0 aliphatic carbocycles. The molecule has 3 aromatic carbocycles. The van der Waals surface area contributed by atoms with Crippen molar-refractivity contribution in [2.75, 3.05) is 24.1 Å². The van der Waals surface area contributed by atoms with E-state index in [0.717, 1.165) is 33.1 Å². The summed E-state index contributed by atoms with van der Waals surface area (Å²) in [6.45, 7) is 6.16. The average molecular weight is 513 g/mol. The summed E-state index contributed by atoms with van der Waals surface area (Å²) in [5.74, 6) is -0.233. The van der Waals surface area contributed by atoms with Crippen molar-refractivity contribution in [3.63, 3.8) is 0 Å². The van der Waals surface area contributed by atoms with Crippen molar-refractivity contribution in [2.45, 2.75) is 38.1 Å². The molecule has 1 N–H and O–H groups in total.